The number of furan rings is 2. The predicted molar refractivity (Wildman–Crippen MR) is 205 cm³/mol. The molecule has 0 saturated carbocycles. The second-order valence-electron chi connectivity index (χ2n) is 12.8. The molecule has 11 aromatic rings. The van der Waals surface area contributed by atoms with Crippen molar-refractivity contribution in [2.45, 2.75) is 0 Å². The maximum absolute atomic E-state index is 6.82. The Labute approximate surface area is 290 Å². The lowest BCUT2D eigenvalue weighted by atomic mass is 10.0. The zero-order valence-corrected chi connectivity index (χ0v) is 27.1. The van der Waals surface area contributed by atoms with Gasteiger partial charge in [0.15, 0.2) is 23.1 Å². The number of para-hydroxylation sites is 3. The highest BCUT2D eigenvalue weighted by Crippen LogP contribution is 2.43. The Bertz CT molecular complexity index is 3080. The van der Waals surface area contributed by atoms with Crippen LogP contribution >= 0.6 is 0 Å². The van der Waals surface area contributed by atoms with Gasteiger partial charge in [-0.05, 0) is 36.4 Å². The summed E-state index contributed by atoms with van der Waals surface area (Å²) in [5, 5.41) is 6.37. The fraction of sp³-hybridized carbons (Fsp3) is 0. The van der Waals surface area contributed by atoms with E-state index in [0.717, 1.165) is 88.1 Å². The minimum absolute atomic E-state index is 0.588. The van der Waals surface area contributed by atoms with Crippen molar-refractivity contribution in [2.24, 2.45) is 0 Å². The van der Waals surface area contributed by atoms with Gasteiger partial charge < -0.3 is 13.4 Å². The molecule has 6 heteroatoms. The molecule has 238 valence electrons. The van der Waals surface area contributed by atoms with E-state index in [1.807, 2.05) is 84.9 Å². The van der Waals surface area contributed by atoms with E-state index < -0.39 is 0 Å². The van der Waals surface area contributed by atoms with Crippen molar-refractivity contribution in [3.05, 3.63) is 158 Å². The average Bonchev–Trinajstić information content (AvgIpc) is 3.88. The first-order chi connectivity index (χ1) is 25.3. The SMILES string of the molecule is c1ccc(-c2nc(-c3ccccc3)nc(-c3cccc4oc5c(-n6c7ccccc7c7c8oc9ccccc9c8ccc76)cccc5c34)n2)cc1. The summed E-state index contributed by atoms with van der Waals surface area (Å²) in [7, 11) is 0. The molecule has 11 rings (SSSR count). The first kappa shape index (κ1) is 27.9. The lowest BCUT2D eigenvalue weighted by Crippen LogP contribution is -2.00. The number of fused-ring (bicyclic) bond motifs is 10. The normalized spacial score (nSPS) is 11.9. The monoisotopic (exact) mass is 654 g/mol. The lowest BCUT2D eigenvalue weighted by Gasteiger charge is -2.09. The Morgan fingerprint density at radius 2 is 0.980 bits per heavy atom. The van der Waals surface area contributed by atoms with E-state index in [1.54, 1.807) is 0 Å². The third kappa shape index (κ3) is 4.14. The molecule has 7 aromatic carbocycles. The smallest absolute Gasteiger partial charge is 0.164 e. The van der Waals surface area contributed by atoms with Crippen LogP contribution in [0.2, 0.25) is 0 Å². The standard InChI is InChI=1S/C45H26N4O2/c1-3-13-27(14-4-1)43-46-44(28-15-5-2-6-16-28)48-45(47-43)33-20-12-24-38-39(33)32-19-11-22-36(41(32)51-38)49-34-21-9-7-18-31(34)40-35(49)26-25-30-29-17-8-10-23-37(29)50-42(30)40/h1-26H. The zero-order chi connectivity index (χ0) is 33.5. The summed E-state index contributed by atoms with van der Waals surface area (Å²) in [5.41, 5.74) is 9.12. The van der Waals surface area contributed by atoms with E-state index in [2.05, 4.69) is 77.4 Å². The van der Waals surface area contributed by atoms with Gasteiger partial charge in [-0.1, -0.05) is 121 Å². The molecule has 0 radical (unpaired) electrons. The molecule has 0 N–H and O–H groups in total. The Balaban J connectivity index is 1.18. The van der Waals surface area contributed by atoms with Gasteiger partial charge in [0.05, 0.1) is 22.1 Å². The number of rotatable bonds is 4. The molecule has 0 atom stereocenters. The molecule has 0 saturated heterocycles. The first-order valence-corrected chi connectivity index (χ1v) is 17.0. The van der Waals surface area contributed by atoms with Crippen LogP contribution in [-0.4, -0.2) is 19.5 Å². The fourth-order valence-electron chi connectivity index (χ4n) is 7.62. The van der Waals surface area contributed by atoms with Gasteiger partial charge in [-0.25, -0.2) is 15.0 Å². The van der Waals surface area contributed by atoms with Gasteiger partial charge in [-0.3, -0.25) is 0 Å². The van der Waals surface area contributed by atoms with Gasteiger partial charge in [-0.2, -0.15) is 0 Å². The van der Waals surface area contributed by atoms with Gasteiger partial charge in [-0.15, -0.1) is 0 Å². The Kier molecular flexibility index (Phi) is 5.86. The van der Waals surface area contributed by atoms with Crippen molar-refractivity contribution in [3.8, 4) is 39.9 Å². The van der Waals surface area contributed by atoms with Crippen LogP contribution in [0.15, 0.2) is 167 Å². The quantitative estimate of drug-likeness (QED) is 0.189. The first-order valence-electron chi connectivity index (χ1n) is 17.0. The second-order valence-corrected chi connectivity index (χ2v) is 12.8. The van der Waals surface area contributed by atoms with Gasteiger partial charge in [0.1, 0.15) is 16.7 Å². The molecular formula is C45H26N4O2. The highest BCUT2D eigenvalue weighted by Gasteiger charge is 2.23. The van der Waals surface area contributed by atoms with Crippen LogP contribution in [0, 0.1) is 0 Å². The van der Waals surface area contributed by atoms with E-state index in [-0.39, 0.29) is 0 Å². The summed E-state index contributed by atoms with van der Waals surface area (Å²) >= 11 is 0. The minimum Gasteiger partial charge on any atom is -0.455 e. The third-order valence-electron chi connectivity index (χ3n) is 9.86. The Morgan fingerprint density at radius 3 is 1.76 bits per heavy atom. The fourth-order valence-corrected chi connectivity index (χ4v) is 7.62. The largest absolute Gasteiger partial charge is 0.455 e. The molecular weight excluding hydrogens is 629 g/mol. The predicted octanol–water partition coefficient (Wildman–Crippen LogP) is 11.8. The lowest BCUT2D eigenvalue weighted by molar-refractivity contribution is 0.666. The van der Waals surface area contributed by atoms with Crippen LogP contribution in [0.5, 0.6) is 0 Å². The molecule has 0 amide bonds. The van der Waals surface area contributed by atoms with Crippen molar-refractivity contribution in [2.75, 3.05) is 0 Å². The molecule has 6 nitrogen and oxygen atoms in total. The zero-order valence-electron chi connectivity index (χ0n) is 27.1. The van der Waals surface area contributed by atoms with Crippen LogP contribution in [-0.2, 0) is 0 Å². The summed E-state index contributed by atoms with van der Waals surface area (Å²) in [6.07, 6.45) is 0. The van der Waals surface area contributed by atoms with Crippen molar-refractivity contribution in [1.29, 1.82) is 0 Å². The van der Waals surface area contributed by atoms with Gasteiger partial charge >= 0.3 is 0 Å². The summed E-state index contributed by atoms with van der Waals surface area (Å²) in [5.74, 6) is 1.82. The molecule has 4 aromatic heterocycles. The van der Waals surface area contributed by atoms with Crippen molar-refractivity contribution < 1.29 is 8.83 Å². The van der Waals surface area contributed by atoms with Crippen LogP contribution in [0.4, 0.5) is 0 Å². The number of hydrogen-bond acceptors (Lipinski definition) is 5. The summed E-state index contributed by atoms with van der Waals surface area (Å²) in [6.45, 7) is 0. The second kappa shape index (κ2) is 10.7. The number of aromatic nitrogens is 4. The van der Waals surface area contributed by atoms with E-state index in [9.17, 15) is 0 Å². The molecule has 0 aliphatic heterocycles. The van der Waals surface area contributed by atoms with Crippen LogP contribution in [0.25, 0.3) is 106 Å². The third-order valence-corrected chi connectivity index (χ3v) is 9.86. The molecule has 0 unspecified atom stereocenters. The van der Waals surface area contributed by atoms with Crippen LogP contribution in [0.1, 0.15) is 0 Å². The molecule has 0 spiro atoms. The van der Waals surface area contributed by atoms with E-state index >= 15 is 0 Å². The van der Waals surface area contributed by atoms with Crippen molar-refractivity contribution in [1.82, 2.24) is 19.5 Å². The van der Waals surface area contributed by atoms with Crippen LogP contribution in [0.3, 0.4) is 0 Å². The molecule has 0 bridgehead atoms. The number of benzene rings is 7. The van der Waals surface area contributed by atoms with Gasteiger partial charge in [0.2, 0.25) is 0 Å². The molecule has 4 heterocycles. The van der Waals surface area contributed by atoms with E-state index in [4.69, 9.17) is 23.8 Å². The van der Waals surface area contributed by atoms with Crippen molar-refractivity contribution in [3.63, 3.8) is 0 Å². The Hall–Kier alpha value is -7.05. The molecule has 0 aliphatic carbocycles. The minimum atomic E-state index is 0.588. The summed E-state index contributed by atoms with van der Waals surface area (Å²) in [4.78, 5) is 15.0. The molecule has 51 heavy (non-hydrogen) atoms. The Morgan fingerprint density at radius 1 is 0.373 bits per heavy atom. The van der Waals surface area contributed by atoms with Crippen molar-refractivity contribution >= 4 is 65.7 Å². The highest BCUT2D eigenvalue weighted by atomic mass is 16.3. The topological polar surface area (TPSA) is 69.9 Å². The highest BCUT2D eigenvalue weighted by molar-refractivity contribution is 6.24. The van der Waals surface area contributed by atoms with Crippen LogP contribution < -0.4 is 0 Å². The van der Waals surface area contributed by atoms with E-state index in [1.165, 1.54) is 0 Å². The van der Waals surface area contributed by atoms with E-state index in [0.29, 0.717) is 17.5 Å². The number of nitrogens with zero attached hydrogens (tertiary/aromatic N) is 4. The van der Waals surface area contributed by atoms with Gasteiger partial charge in [0.25, 0.3) is 0 Å². The number of hydrogen-bond donors (Lipinski definition) is 0. The average molecular weight is 655 g/mol. The molecule has 0 fully saturated rings. The summed E-state index contributed by atoms with van der Waals surface area (Å²) in [6, 6.07) is 53.7. The van der Waals surface area contributed by atoms with Gasteiger partial charge in [0, 0.05) is 43.6 Å². The maximum atomic E-state index is 6.82. The summed E-state index contributed by atoms with van der Waals surface area (Å²) < 4.78 is 15.7. The molecule has 0 aliphatic rings. The maximum Gasteiger partial charge on any atom is 0.164 e.